The smallest absolute Gasteiger partial charge is 0.0408 e. The van der Waals surface area contributed by atoms with Crippen LogP contribution in [0.15, 0.2) is 54.6 Å². The van der Waals surface area contributed by atoms with Gasteiger partial charge >= 0.3 is 0 Å². The van der Waals surface area contributed by atoms with Crippen molar-refractivity contribution >= 4 is 11.6 Å². The van der Waals surface area contributed by atoms with E-state index >= 15 is 0 Å². The molecule has 2 aliphatic rings. The first-order chi connectivity index (χ1) is 14.7. The Kier molecular flexibility index (Phi) is 7.48. The quantitative estimate of drug-likeness (QED) is 0.696. The Bertz CT molecular complexity index is 778. The van der Waals surface area contributed by atoms with E-state index in [1.165, 1.54) is 82.4 Å². The fraction of sp³-hybridized carbons (Fsp3) is 0.538. The molecule has 4 rings (SSSR count). The van der Waals surface area contributed by atoms with Crippen LogP contribution in [0.2, 0.25) is 5.02 Å². The van der Waals surface area contributed by atoms with Gasteiger partial charge in [-0.2, -0.15) is 0 Å². The van der Waals surface area contributed by atoms with Crippen molar-refractivity contribution in [1.82, 2.24) is 9.80 Å². The van der Waals surface area contributed by atoms with E-state index in [4.69, 9.17) is 17.3 Å². The third-order valence-corrected chi connectivity index (χ3v) is 7.68. The zero-order valence-corrected chi connectivity index (χ0v) is 18.9. The molecule has 2 fully saturated rings. The van der Waals surface area contributed by atoms with Gasteiger partial charge in [-0.1, -0.05) is 54.1 Å². The van der Waals surface area contributed by atoms with Gasteiger partial charge < -0.3 is 10.6 Å². The lowest BCUT2D eigenvalue weighted by molar-refractivity contribution is 0.0654. The highest BCUT2D eigenvalue weighted by atomic mass is 35.5. The minimum Gasteiger partial charge on any atom is -0.330 e. The first kappa shape index (κ1) is 21.8. The minimum atomic E-state index is 0.112. The molecular weight excluding hydrogens is 390 g/mol. The second-order valence-corrected chi connectivity index (χ2v) is 9.63. The molecule has 1 saturated carbocycles. The monoisotopic (exact) mass is 425 g/mol. The summed E-state index contributed by atoms with van der Waals surface area (Å²) >= 11 is 6.26. The summed E-state index contributed by atoms with van der Waals surface area (Å²) in [6, 6.07) is 20.0. The van der Waals surface area contributed by atoms with Gasteiger partial charge in [0.05, 0.1) is 0 Å². The van der Waals surface area contributed by atoms with Gasteiger partial charge in [0.1, 0.15) is 0 Å². The van der Waals surface area contributed by atoms with Crippen molar-refractivity contribution in [3.05, 3.63) is 70.7 Å². The lowest BCUT2D eigenvalue weighted by atomic mass is 9.68. The lowest BCUT2D eigenvalue weighted by Gasteiger charge is -2.46. The first-order valence-corrected chi connectivity index (χ1v) is 12.0. The van der Waals surface area contributed by atoms with Crippen LogP contribution in [0, 0.1) is 0 Å². The highest BCUT2D eigenvalue weighted by molar-refractivity contribution is 6.30. The van der Waals surface area contributed by atoms with Crippen molar-refractivity contribution in [2.24, 2.45) is 5.73 Å². The molecule has 1 aliphatic carbocycles. The molecule has 2 N–H and O–H groups in total. The fourth-order valence-corrected chi connectivity index (χ4v) is 5.64. The van der Waals surface area contributed by atoms with Crippen molar-refractivity contribution in [3.63, 3.8) is 0 Å². The van der Waals surface area contributed by atoms with Gasteiger partial charge in [-0.05, 0) is 68.3 Å². The van der Waals surface area contributed by atoms with Crippen LogP contribution >= 0.6 is 11.6 Å². The number of halogens is 1. The molecular formula is C26H36ClN3. The second kappa shape index (κ2) is 10.3. The number of rotatable bonds is 7. The summed E-state index contributed by atoms with van der Waals surface area (Å²) in [6.45, 7) is 6.78. The van der Waals surface area contributed by atoms with Crippen LogP contribution in [0.4, 0.5) is 0 Å². The van der Waals surface area contributed by atoms with Gasteiger partial charge in [-0.3, -0.25) is 4.90 Å². The Morgan fingerprint density at radius 1 is 0.933 bits per heavy atom. The first-order valence-electron chi connectivity index (χ1n) is 11.6. The van der Waals surface area contributed by atoms with Crippen LogP contribution in [-0.2, 0) is 11.8 Å². The number of aryl methyl sites for hydroxylation is 1. The predicted octanol–water partition coefficient (Wildman–Crippen LogP) is 4.73. The van der Waals surface area contributed by atoms with Crippen molar-refractivity contribution in [1.29, 1.82) is 0 Å². The van der Waals surface area contributed by atoms with Crippen LogP contribution in [0.25, 0.3) is 0 Å². The van der Waals surface area contributed by atoms with E-state index in [-0.39, 0.29) is 5.41 Å². The number of hydrogen-bond donors (Lipinski definition) is 1. The van der Waals surface area contributed by atoms with E-state index in [1.807, 2.05) is 6.07 Å². The topological polar surface area (TPSA) is 32.5 Å². The van der Waals surface area contributed by atoms with Crippen molar-refractivity contribution in [3.8, 4) is 0 Å². The van der Waals surface area contributed by atoms with Crippen LogP contribution < -0.4 is 5.73 Å². The fourth-order valence-electron chi connectivity index (χ4n) is 5.45. The third kappa shape index (κ3) is 5.26. The summed E-state index contributed by atoms with van der Waals surface area (Å²) in [6.07, 6.45) is 7.29. The van der Waals surface area contributed by atoms with Crippen LogP contribution in [0.1, 0.15) is 43.2 Å². The van der Waals surface area contributed by atoms with Crippen LogP contribution in [-0.4, -0.2) is 55.1 Å². The second-order valence-electron chi connectivity index (χ2n) is 9.19. The maximum atomic E-state index is 6.29. The summed E-state index contributed by atoms with van der Waals surface area (Å²) in [5.74, 6) is 0. The molecule has 2 aromatic carbocycles. The molecule has 0 amide bonds. The van der Waals surface area contributed by atoms with Crippen LogP contribution in [0.3, 0.4) is 0 Å². The molecule has 1 heterocycles. The SMILES string of the molecule is NCC1(c2cccc(Cl)c2)CCC(N2CCN(CCCc3ccccc3)CC2)CC1. The number of benzene rings is 2. The van der Waals surface area contributed by atoms with Crippen molar-refractivity contribution in [2.45, 2.75) is 50.0 Å². The summed E-state index contributed by atoms with van der Waals surface area (Å²) in [4.78, 5) is 5.39. The maximum Gasteiger partial charge on any atom is 0.0408 e. The van der Waals surface area contributed by atoms with Crippen molar-refractivity contribution < 1.29 is 0 Å². The van der Waals surface area contributed by atoms with E-state index in [1.54, 1.807) is 0 Å². The average Bonchev–Trinajstić information content (AvgIpc) is 2.80. The Morgan fingerprint density at radius 2 is 1.67 bits per heavy atom. The highest BCUT2D eigenvalue weighted by Gasteiger charge is 2.38. The van der Waals surface area contributed by atoms with Gasteiger partial charge in [0.2, 0.25) is 0 Å². The van der Waals surface area contributed by atoms with E-state index in [0.717, 1.165) is 17.6 Å². The highest BCUT2D eigenvalue weighted by Crippen LogP contribution is 2.40. The number of nitrogens with two attached hydrogens (primary N) is 1. The van der Waals surface area contributed by atoms with Gasteiger partial charge in [-0.15, -0.1) is 0 Å². The van der Waals surface area contributed by atoms with Crippen LogP contribution in [0.5, 0.6) is 0 Å². The van der Waals surface area contributed by atoms with Gasteiger partial charge in [0.25, 0.3) is 0 Å². The van der Waals surface area contributed by atoms with E-state index in [0.29, 0.717) is 0 Å². The number of piperazine rings is 1. The lowest BCUT2D eigenvalue weighted by Crippen LogP contribution is -2.53. The molecule has 0 unspecified atom stereocenters. The molecule has 0 spiro atoms. The van der Waals surface area contributed by atoms with Gasteiger partial charge in [-0.25, -0.2) is 0 Å². The zero-order valence-electron chi connectivity index (χ0n) is 18.1. The molecule has 0 radical (unpaired) electrons. The Balaban J connectivity index is 1.22. The van der Waals surface area contributed by atoms with E-state index < -0.39 is 0 Å². The van der Waals surface area contributed by atoms with Gasteiger partial charge in [0, 0.05) is 49.2 Å². The normalized spacial score (nSPS) is 26.0. The molecule has 30 heavy (non-hydrogen) atoms. The van der Waals surface area contributed by atoms with E-state index in [2.05, 4.69) is 58.3 Å². The summed E-state index contributed by atoms with van der Waals surface area (Å²) < 4.78 is 0. The molecule has 1 aliphatic heterocycles. The Labute approximate surface area is 187 Å². The molecule has 1 saturated heterocycles. The number of hydrogen-bond acceptors (Lipinski definition) is 3. The third-order valence-electron chi connectivity index (χ3n) is 7.45. The molecule has 3 nitrogen and oxygen atoms in total. The van der Waals surface area contributed by atoms with Gasteiger partial charge in [0.15, 0.2) is 0 Å². The zero-order chi connectivity index (χ0) is 20.8. The molecule has 0 aromatic heterocycles. The molecule has 0 atom stereocenters. The standard InChI is InChI=1S/C26H36ClN3/c27-24-10-4-9-23(20-24)26(21-28)13-11-25(12-14-26)30-18-16-29(17-19-30)15-5-8-22-6-2-1-3-7-22/h1-4,6-7,9-10,20,25H,5,8,11-19,21,28H2. The maximum absolute atomic E-state index is 6.29. The summed E-state index contributed by atoms with van der Waals surface area (Å²) in [5, 5.41) is 0.825. The summed E-state index contributed by atoms with van der Waals surface area (Å²) in [7, 11) is 0. The Hall–Kier alpha value is -1.39. The molecule has 4 heteroatoms. The average molecular weight is 426 g/mol. The molecule has 0 bridgehead atoms. The predicted molar refractivity (Wildman–Crippen MR) is 127 cm³/mol. The van der Waals surface area contributed by atoms with E-state index in [9.17, 15) is 0 Å². The molecule has 162 valence electrons. The van der Waals surface area contributed by atoms with Crippen molar-refractivity contribution in [2.75, 3.05) is 39.3 Å². The Morgan fingerprint density at radius 3 is 2.33 bits per heavy atom. The number of nitrogens with zero attached hydrogens (tertiary/aromatic N) is 2. The summed E-state index contributed by atoms with van der Waals surface area (Å²) in [5.41, 5.74) is 9.19. The molecule has 2 aromatic rings. The minimum absolute atomic E-state index is 0.112. The largest absolute Gasteiger partial charge is 0.330 e.